The molecule has 2 aromatic rings. The Morgan fingerprint density at radius 3 is 2.68 bits per heavy atom. The average Bonchev–Trinajstić information content (AvgIpc) is 2.46. The molecule has 1 aromatic heterocycles. The predicted octanol–water partition coefficient (Wildman–Crippen LogP) is 3.02. The number of hydrogen-bond donors (Lipinski definition) is 0. The second kappa shape index (κ2) is 6.50. The van der Waals surface area contributed by atoms with E-state index in [1.54, 1.807) is 30.3 Å². The Labute approximate surface area is 125 Å². The van der Waals surface area contributed by atoms with Crippen molar-refractivity contribution in [3.05, 3.63) is 42.1 Å². The number of halogens is 3. The van der Waals surface area contributed by atoms with Crippen molar-refractivity contribution in [2.75, 3.05) is 19.1 Å². The van der Waals surface area contributed by atoms with Crippen molar-refractivity contribution in [3.63, 3.8) is 0 Å². The van der Waals surface area contributed by atoms with E-state index in [4.69, 9.17) is 4.74 Å². The molecule has 0 spiro atoms. The molecular weight excluding hydrogens is 299 g/mol. The Hall–Kier alpha value is -2.51. The summed E-state index contributed by atoms with van der Waals surface area (Å²) < 4.78 is 45.6. The molecule has 22 heavy (non-hydrogen) atoms. The smallest absolute Gasteiger partial charge is 0.481 e. The Bertz CT molecular complexity index is 635. The first-order chi connectivity index (χ1) is 10.4. The minimum Gasteiger partial charge on any atom is -0.481 e. The molecule has 0 unspecified atom stereocenters. The number of aromatic nitrogens is 2. The maximum absolute atomic E-state index is 12.2. The van der Waals surface area contributed by atoms with Crippen LogP contribution < -0.4 is 14.4 Å². The van der Waals surface area contributed by atoms with Crippen LogP contribution in [-0.4, -0.2) is 30.5 Å². The fourth-order valence-electron chi connectivity index (χ4n) is 1.82. The first-order valence-electron chi connectivity index (χ1n) is 6.30. The molecule has 0 aliphatic heterocycles. The SMILES string of the molecule is COc1ccnc(N(C)Cc2cccc(OC(F)(F)F)c2)n1. The fourth-order valence-corrected chi connectivity index (χ4v) is 1.82. The fraction of sp³-hybridized carbons (Fsp3) is 0.286. The van der Waals surface area contributed by atoms with E-state index in [1.807, 2.05) is 0 Å². The summed E-state index contributed by atoms with van der Waals surface area (Å²) in [5.41, 5.74) is 0.635. The summed E-state index contributed by atoms with van der Waals surface area (Å²) in [6, 6.07) is 7.37. The van der Waals surface area contributed by atoms with Crippen LogP contribution >= 0.6 is 0 Å². The number of anilines is 1. The zero-order valence-corrected chi connectivity index (χ0v) is 12.0. The van der Waals surface area contributed by atoms with Gasteiger partial charge in [-0.25, -0.2) is 4.98 Å². The van der Waals surface area contributed by atoms with Crippen LogP contribution in [0.1, 0.15) is 5.56 Å². The molecule has 0 saturated carbocycles. The number of rotatable bonds is 5. The predicted molar refractivity (Wildman–Crippen MR) is 73.8 cm³/mol. The summed E-state index contributed by atoms with van der Waals surface area (Å²) in [7, 11) is 3.22. The Morgan fingerprint density at radius 2 is 2.00 bits per heavy atom. The third-order valence-electron chi connectivity index (χ3n) is 2.72. The van der Waals surface area contributed by atoms with Gasteiger partial charge in [0.05, 0.1) is 7.11 Å². The lowest BCUT2D eigenvalue weighted by Crippen LogP contribution is -2.20. The van der Waals surface area contributed by atoms with E-state index >= 15 is 0 Å². The maximum atomic E-state index is 12.2. The average molecular weight is 313 g/mol. The Kier molecular flexibility index (Phi) is 4.69. The van der Waals surface area contributed by atoms with Gasteiger partial charge in [0.15, 0.2) is 0 Å². The highest BCUT2D eigenvalue weighted by Crippen LogP contribution is 2.24. The van der Waals surface area contributed by atoms with Crippen LogP contribution in [0.25, 0.3) is 0 Å². The number of nitrogens with zero attached hydrogens (tertiary/aromatic N) is 3. The normalized spacial score (nSPS) is 11.1. The molecule has 5 nitrogen and oxygen atoms in total. The van der Waals surface area contributed by atoms with Crippen LogP contribution in [0.4, 0.5) is 19.1 Å². The third-order valence-corrected chi connectivity index (χ3v) is 2.72. The van der Waals surface area contributed by atoms with Crippen LogP contribution in [0, 0.1) is 0 Å². The molecule has 0 aliphatic rings. The number of benzene rings is 1. The summed E-state index contributed by atoms with van der Waals surface area (Å²) in [4.78, 5) is 9.93. The van der Waals surface area contributed by atoms with Crippen LogP contribution in [0.5, 0.6) is 11.6 Å². The monoisotopic (exact) mass is 313 g/mol. The largest absolute Gasteiger partial charge is 0.573 e. The van der Waals surface area contributed by atoms with Crippen molar-refractivity contribution in [3.8, 4) is 11.6 Å². The summed E-state index contributed by atoms with van der Waals surface area (Å²) in [5.74, 6) is 0.553. The van der Waals surface area contributed by atoms with Crippen LogP contribution in [-0.2, 0) is 6.54 Å². The highest BCUT2D eigenvalue weighted by Gasteiger charge is 2.31. The third kappa shape index (κ3) is 4.51. The highest BCUT2D eigenvalue weighted by atomic mass is 19.4. The van der Waals surface area contributed by atoms with Crippen molar-refractivity contribution < 1.29 is 22.6 Å². The van der Waals surface area contributed by atoms with Crippen LogP contribution in [0.2, 0.25) is 0 Å². The maximum Gasteiger partial charge on any atom is 0.573 e. The standard InChI is InChI=1S/C14H14F3N3O2/c1-20(13-18-7-6-12(19-13)21-2)9-10-4-3-5-11(8-10)22-14(15,16)17/h3-8H,9H2,1-2H3. The summed E-state index contributed by atoms with van der Waals surface area (Å²) in [5, 5.41) is 0. The minimum absolute atomic E-state index is 0.259. The van der Waals surface area contributed by atoms with E-state index < -0.39 is 6.36 Å². The number of ether oxygens (including phenoxy) is 2. The lowest BCUT2D eigenvalue weighted by atomic mass is 10.2. The van der Waals surface area contributed by atoms with E-state index in [2.05, 4.69) is 14.7 Å². The van der Waals surface area contributed by atoms with Gasteiger partial charge in [-0.1, -0.05) is 12.1 Å². The van der Waals surface area contributed by atoms with E-state index in [9.17, 15) is 13.2 Å². The van der Waals surface area contributed by atoms with Crippen molar-refractivity contribution in [1.82, 2.24) is 9.97 Å². The van der Waals surface area contributed by atoms with Gasteiger partial charge in [-0.3, -0.25) is 0 Å². The van der Waals surface area contributed by atoms with E-state index in [1.165, 1.54) is 25.3 Å². The van der Waals surface area contributed by atoms with Gasteiger partial charge in [0, 0.05) is 25.9 Å². The lowest BCUT2D eigenvalue weighted by Gasteiger charge is -2.18. The Morgan fingerprint density at radius 1 is 1.23 bits per heavy atom. The van der Waals surface area contributed by atoms with Gasteiger partial charge in [-0.2, -0.15) is 4.98 Å². The van der Waals surface area contributed by atoms with Crippen LogP contribution in [0.15, 0.2) is 36.5 Å². The van der Waals surface area contributed by atoms with Crippen molar-refractivity contribution >= 4 is 5.95 Å². The lowest BCUT2D eigenvalue weighted by molar-refractivity contribution is -0.274. The first kappa shape index (κ1) is 15.9. The van der Waals surface area contributed by atoms with E-state index in [-0.39, 0.29) is 5.75 Å². The molecule has 0 fully saturated rings. The van der Waals surface area contributed by atoms with Gasteiger partial charge in [-0.15, -0.1) is 13.2 Å². The van der Waals surface area contributed by atoms with Gasteiger partial charge in [0.1, 0.15) is 5.75 Å². The second-order valence-corrected chi connectivity index (χ2v) is 4.45. The molecule has 118 valence electrons. The van der Waals surface area contributed by atoms with Crippen molar-refractivity contribution in [1.29, 1.82) is 0 Å². The summed E-state index contributed by atoms with van der Waals surface area (Å²) in [6.07, 6.45) is -3.17. The molecule has 0 bridgehead atoms. The zero-order valence-electron chi connectivity index (χ0n) is 12.0. The first-order valence-corrected chi connectivity index (χ1v) is 6.30. The van der Waals surface area contributed by atoms with E-state index in [0.29, 0.717) is 23.9 Å². The van der Waals surface area contributed by atoms with Gasteiger partial charge < -0.3 is 14.4 Å². The molecule has 2 rings (SSSR count). The molecule has 0 N–H and O–H groups in total. The Balaban J connectivity index is 2.11. The van der Waals surface area contributed by atoms with Gasteiger partial charge >= 0.3 is 6.36 Å². The zero-order chi connectivity index (χ0) is 16.2. The summed E-state index contributed by atoms with van der Waals surface area (Å²) >= 11 is 0. The minimum atomic E-state index is -4.71. The quantitative estimate of drug-likeness (QED) is 0.849. The molecule has 8 heteroatoms. The van der Waals surface area contributed by atoms with E-state index in [0.717, 1.165) is 0 Å². The molecule has 0 atom stereocenters. The second-order valence-electron chi connectivity index (χ2n) is 4.45. The number of hydrogen-bond acceptors (Lipinski definition) is 5. The van der Waals surface area contributed by atoms with Gasteiger partial charge in [0.25, 0.3) is 0 Å². The van der Waals surface area contributed by atoms with Gasteiger partial charge in [-0.05, 0) is 17.7 Å². The molecule has 1 heterocycles. The molecule has 1 aromatic carbocycles. The van der Waals surface area contributed by atoms with Crippen molar-refractivity contribution in [2.24, 2.45) is 0 Å². The van der Waals surface area contributed by atoms with Gasteiger partial charge in [0.2, 0.25) is 11.8 Å². The molecular formula is C14H14F3N3O2. The molecule has 0 radical (unpaired) electrons. The number of methoxy groups -OCH3 is 1. The summed E-state index contributed by atoms with van der Waals surface area (Å²) in [6.45, 7) is 0.322. The molecule has 0 saturated heterocycles. The molecule has 0 amide bonds. The topological polar surface area (TPSA) is 47.5 Å². The van der Waals surface area contributed by atoms with Crippen LogP contribution in [0.3, 0.4) is 0 Å². The molecule has 0 aliphatic carbocycles. The van der Waals surface area contributed by atoms with Crippen molar-refractivity contribution in [2.45, 2.75) is 12.9 Å². The highest BCUT2D eigenvalue weighted by molar-refractivity contribution is 5.35. The number of alkyl halides is 3.